The predicted octanol–water partition coefficient (Wildman–Crippen LogP) is 0.879. The molecule has 110 valence electrons. The highest BCUT2D eigenvalue weighted by Crippen LogP contribution is 2.19. The van der Waals surface area contributed by atoms with Crippen molar-refractivity contribution in [1.82, 2.24) is 15.5 Å². The van der Waals surface area contributed by atoms with Crippen LogP contribution in [-0.2, 0) is 4.79 Å². The number of rotatable bonds is 4. The van der Waals surface area contributed by atoms with Crippen LogP contribution in [0.25, 0.3) is 0 Å². The number of carbonyl (C=O) groups is 2. The molecule has 0 saturated carbocycles. The van der Waals surface area contributed by atoms with Crippen LogP contribution in [0.2, 0.25) is 0 Å². The molecule has 0 bridgehead atoms. The third-order valence-electron chi connectivity index (χ3n) is 3.56. The predicted molar refractivity (Wildman–Crippen MR) is 73.1 cm³/mol. The molecule has 2 amide bonds. The second kappa shape index (κ2) is 6.23. The summed E-state index contributed by atoms with van der Waals surface area (Å²) in [6.07, 6.45) is 2.21. The lowest BCUT2D eigenvalue weighted by atomic mass is 9.87. The van der Waals surface area contributed by atoms with Gasteiger partial charge >= 0.3 is 12.0 Å². The van der Waals surface area contributed by atoms with Crippen LogP contribution in [0.5, 0.6) is 0 Å². The zero-order valence-corrected chi connectivity index (χ0v) is 12.2. The Hall–Kier alpha value is -1.30. The topological polar surface area (TPSA) is 81.7 Å². The maximum Gasteiger partial charge on any atom is 0.326 e. The third-order valence-corrected chi connectivity index (χ3v) is 3.56. The first-order valence-corrected chi connectivity index (χ1v) is 6.69. The summed E-state index contributed by atoms with van der Waals surface area (Å²) in [7, 11) is 2.03. The van der Waals surface area contributed by atoms with Gasteiger partial charge in [-0.25, -0.2) is 9.59 Å². The first-order chi connectivity index (χ1) is 8.71. The molecular formula is C13H25N3O3. The minimum atomic E-state index is -1.01. The van der Waals surface area contributed by atoms with Crippen molar-refractivity contribution >= 4 is 12.0 Å². The van der Waals surface area contributed by atoms with Crippen molar-refractivity contribution in [3.8, 4) is 0 Å². The van der Waals surface area contributed by atoms with E-state index in [0.29, 0.717) is 12.6 Å². The number of hydrogen-bond acceptors (Lipinski definition) is 3. The minimum Gasteiger partial charge on any atom is -0.480 e. The van der Waals surface area contributed by atoms with Crippen LogP contribution in [0.1, 0.15) is 33.6 Å². The maximum atomic E-state index is 11.8. The lowest BCUT2D eigenvalue weighted by Gasteiger charge is -2.28. The van der Waals surface area contributed by atoms with Gasteiger partial charge in [0.25, 0.3) is 0 Å². The van der Waals surface area contributed by atoms with E-state index in [-0.39, 0.29) is 0 Å². The van der Waals surface area contributed by atoms with Gasteiger partial charge in [-0.15, -0.1) is 0 Å². The van der Waals surface area contributed by atoms with Crippen LogP contribution >= 0.6 is 0 Å². The Morgan fingerprint density at radius 3 is 2.47 bits per heavy atom. The Balaban J connectivity index is 2.43. The van der Waals surface area contributed by atoms with Crippen LogP contribution in [0.15, 0.2) is 0 Å². The SMILES string of the molecule is CN1CCCC1CNC(=O)N[C@H](C(=O)O)C(C)(C)C. The molecule has 0 spiro atoms. The molecule has 3 N–H and O–H groups in total. The third kappa shape index (κ3) is 4.70. The Morgan fingerprint density at radius 1 is 1.42 bits per heavy atom. The van der Waals surface area contributed by atoms with Gasteiger partial charge in [0.2, 0.25) is 0 Å². The number of nitrogens with one attached hydrogen (secondary N) is 2. The Bertz CT molecular complexity index is 339. The highest BCUT2D eigenvalue weighted by molar-refractivity contribution is 5.83. The number of likely N-dealkylation sites (tertiary alicyclic amines) is 1. The number of nitrogens with zero attached hydrogens (tertiary/aromatic N) is 1. The second-order valence-electron chi connectivity index (χ2n) is 6.27. The van der Waals surface area contributed by atoms with Gasteiger partial charge in [-0.2, -0.15) is 0 Å². The van der Waals surface area contributed by atoms with Crippen molar-refractivity contribution in [2.24, 2.45) is 5.41 Å². The fraction of sp³-hybridized carbons (Fsp3) is 0.846. The molecule has 1 saturated heterocycles. The lowest BCUT2D eigenvalue weighted by Crippen LogP contribution is -2.53. The molecule has 1 rings (SSSR count). The van der Waals surface area contributed by atoms with Gasteiger partial charge in [-0.1, -0.05) is 20.8 Å². The largest absolute Gasteiger partial charge is 0.480 e. The van der Waals surface area contributed by atoms with E-state index in [4.69, 9.17) is 5.11 Å². The number of aliphatic carboxylic acids is 1. The standard InChI is InChI=1S/C13H25N3O3/c1-13(2,3)10(11(17)18)15-12(19)14-8-9-6-5-7-16(9)4/h9-10H,5-8H2,1-4H3,(H,17,18)(H2,14,15,19)/t9?,10-/m1/s1. The molecule has 6 nitrogen and oxygen atoms in total. The van der Waals surface area contributed by atoms with Crippen molar-refractivity contribution in [3.05, 3.63) is 0 Å². The van der Waals surface area contributed by atoms with Gasteiger partial charge in [0.1, 0.15) is 6.04 Å². The highest BCUT2D eigenvalue weighted by atomic mass is 16.4. The van der Waals surface area contributed by atoms with Gasteiger partial charge in [-0.05, 0) is 31.8 Å². The quantitative estimate of drug-likeness (QED) is 0.709. The van der Waals surface area contributed by atoms with E-state index in [1.165, 1.54) is 0 Å². The van der Waals surface area contributed by atoms with Crippen molar-refractivity contribution in [2.45, 2.75) is 45.7 Å². The van der Waals surface area contributed by atoms with Gasteiger partial charge in [0.15, 0.2) is 0 Å². The number of carboxylic acid groups (broad SMARTS) is 1. The first kappa shape index (κ1) is 15.8. The molecule has 0 aromatic rings. The number of likely N-dealkylation sites (N-methyl/N-ethyl adjacent to an activating group) is 1. The van der Waals surface area contributed by atoms with Gasteiger partial charge in [0.05, 0.1) is 0 Å². The van der Waals surface area contributed by atoms with Gasteiger partial charge in [0, 0.05) is 12.6 Å². The van der Waals surface area contributed by atoms with E-state index in [2.05, 4.69) is 15.5 Å². The molecule has 1 unspecified atom stereocenters. The summed E-state index contributed by atoms with van der Waals surface area (Å²) in [5.74, 6) is -1.01. The highest BCUT2D eigenvalue weighted by Gasteiger charge is 2.32. The van der Waals surface area contributed by atoms with Gasteiger partial charge < -0.3 is 20.6 Å². The van der Waals surface area contributed by atoms with Crippen molar-refractivity contribution in [1.29, 1.82) is 0 Å². The number of amides is 2. The van der Waals surface area contributed by atoms with Crippen LogP contribution < -0.4 is 10.6 Å². The smallest absolute Gasteiger partial charge is 0.326 e. The summed E-state index contributed by atoms with van der Waals surface area (Å²) >= 11 is 0. The molecular weight excluding hydrogens is 246 g/mol. The Kier molecular flexibility index (Phi) is 5.17. The molecule has 1 fully saturated rings. The second-order valence-corrected chi connectivity index (χ2v) is 6.27. The Morgan fingerprint density at radius 2 is 2.05 bits per heavy atom. The zero-order valence-electron chi connectivity index (χ0n) is 12.2. The number of carbonyl (C=O) groups excluding carboxylic acids is 1. The lowest BCUT2D eigenvalue weighted by molar-refractivity contribution is -0.141. The number of carboxylic acids is 1. The Labute approximate surface area is 114 Å². The van der Waals surface area contributed by atoms with Crippen LogP contribution in [0.4, 0.5) is 4.79 Å². The number of hydrogen-bond donors (Lipinski definition) is 3. The molecule has 2 atom stereocenters. The van der Waals surface area contributed by atoms with Crippen LogP contribution in [-0.4, -0.2) is 54.2 Å². The normalized spacial score (nSPS) is 22.0. The average Bonchev–Trinajstić information content (AvgIpc) is 2.67. The van der Waals surface area contributed by atoms with Gasteiger partial charge in [-0.3, -0.25) is 0 Å². The molecule has 1 aliphatic rings. The zero-order chi connectivity index (χ0) is 14.6. The van der Waals surface area contributed by atoms with E-state index in [1.54, 1.807) is 20.8 Å². The summed E-state index contributed by atoms with van der Waals surface area (Å²) in [5.41, 5.74) is -0.521. The summed E-state index contributed by atoms with van der Waals surface area (Å²) < 4.78 is 0. The van der Waals surface area contributed by atoms with Crippen molar-refractivity contribution in [2.75, 3.05) is 20.1 Å². The monoisotopic (exact) mass is 271 g/mol. The van der Waals surface area contributed by atoms with Crippen molar-refractivity contribution in [3.63, 3.8) is 0 Å². The average molecular weight is 271 g/mol. The van der Waals surface area contributed by atoms with Crippen molar-refractivity contribution < 1.29 is 14.7 Å². The van der Waals surface area contributed by atoms with Crippen LogP contribution in [0, 0.1) is 5.41 Å². The summed E-state index contributed by atoms with van der Waals surface area (Å²) in [4.78, 5) is 25.1. The van der Waals surface area contributed by atoms with E-state index < -0.39 is 23.5 Å². The molecule has 6 heteroatoms. The van der Waals surface area contributed by atoms with E-state index in [0.717, 1.165) is 19.4 Å². The van der Waals surface area contributed by atoms with E-state index in [9.17, 15) is 9.59 Å². The fourth-order valence-corrected chi connectivity index (χ4v) is 2.28. The molecule has 19 heavy (non-hydrogen) atoms. The molecule has 0 aromatic heterocycles. The van der Waals surface area contributed by atoms with E-state index in [1.807, 2.05) is 7.05 Å². The molecule has 1 aliphatic heterocycles. The molecule has 1 heterocycles. The molecule has 0 aromatic carbocycles. The minimum absolute atomic E-state index is 0.351. The summed E-state index contributed by atoms with van der Waals surface area (Å²) in [6, 6.07) is -0.958. The summed E-state index contributed by atoms with van der Waals surface area (Å²) in [6.45, 7) is 6.97. The molecule has 0 radical (unpaired) electrons. The fourth-order valence-electron chi connectivity index (χ4n) is 2.28. The van der Waals surface area contributed by atoms with E-state index >= 15 is 0 Å². The first-order valence-electron chi connectivity index (χ1n) is 6.69. The maximum absolute atomic E-state index is 11.8. The van der Waals surface area contributed by atoms with Crippen LogP contribution in [0.3, 0.4) is 0 Å². The molecule has 0 aliphatic carbocycles. The summed E-state index contributed by atoms with van der Waals surface area (Å²) in [5, 5.41) is 14.4. The number of urea groups is 1.